The van der Waals surface area contributed by atoms with Gasteiger partial charge in [0.15, 0.2) is 5.78 Å². The van der Waals surface area contributed by atoms with Gasteiger partial charge in [-0.05, 0) is 68.9 Å². The topological polar surface area (TPSA) is 17.1 Å². The van der Waals surface area contributed by atoms with Gasteiger partial charge < -0.3 is 0 Å². The van der Waals surface area contributed by atoms with Gasteiger partial charge in [-0.2, -0.15) is 0 Å². The molecule has 1 heteroatoms. The maximum absolute atomic E-state index is 12.8. The van der Waals surface area contributed by atoms with E-state index in [-0.39, 0.29) is 11.2 Å². The van der Waals surface area contributed by atoms with Crippen LogP contribution in [0.15, 0.2) is 0 Å². The molecular formula is C17H26O. The van der Waals surface area contributed by atoms with E-state index in [1.807, 2.05) is 13.8 Å². The first-order valence-electron chi connectivity index (χ1n) is 6.76. The Morgan fingerprint density at radius 3 is 1.50 bits per heavy atom. The van der Waals surface area contributed by atoms with Crippen LogP contribution in [0.3, 0.4) is 0 Å². The first kappa shape index (κ1) is 14.9. The van der Waals surface area contributed by atoms with Crippen molar-refractivity contribution >= 4 is 5.78 Å². The summed E-state index contributed by atoms with van der Waals surface area (Å²) >= 11 is 0. The second-order valence-electron chi connectivity index (χ2n) is 6.07. The molecule has 0 atom stereocenters. The normalized spacial score (nSPS) is 11.8. The summed E-state index contributed by atoms with van der Waals surface area (Å²) in [7, 11) is 0. The molecule has 0 saturated carbocycles. The summed E-state index contributed by atoms with van der Waals surface area (Å²) < 4.78 is 0. The van der Waals surface area contributed by atoms with Crippen molar-refractivity contribution in [1.82, 2.24) is 0 Å². The van der Waals surface area contributed by atoms with Gasteiger partial charge in [-0.25, -0.2) is 0 Å². The van der Waals surface area contributed by atoms with Gasteiger partial charge in [0.05, 0.1) is 0 Å². The Morgan fingerprint density at radius 2 is 1.17 bits per heavy atom. The lowest BCUT2D eigenvalue weighted by molar-refractivity contribution is 0.0831. The van der Waals surface area contributed by atoms with Crippen LogP contribution in [0.2, 0.25) is 0 Å². The molecule has 0 heterocycles. The first-order valence-corrected chi connectivity index (χ1v) is 6.76. The van der Waals surface area contributed by atoms with Crippen LogP contribution in [-0.2, 0) is 0 Å². The number of hydrogen-bond donors (Lipinski definition) is 0. The van der Waals surface area contributed by atoms with Gasteiger partial charge in [-0.1, -0.05) is 20.8 Å². The molecule has 1 nitrogen and oxygen atoms in total. The summed E-state index contributed by atoms with van der Waals surface area (Å²) in [6.07, 6.45) is 0.872. The number of Topliss-reactive ketones (excluding diaryl/α,β-unsaturated/α-hetero) is 1. The number of benzene rings is 1. The number of carbonyl (C=O) groups excluding carboxylic acids is 1. The molecule has 0 N–H and O–H groups in total. The van der Waals surface area contributed by atoms with E-state index in [0.29, 0.717) is 0 Å². The van der Waals surface area contributed by atoms with Crippen molar-refractivity contribution in [3.8, 4) is 0 Å². The standard InChI is InChI=1S/C17H26O/c1-9-17(7,8)16(18)15-13(5)11(3)10(2)12(4)14(15)6/h9H2,1-8H3. The minimum Gasteiger partial charge on any atom is -0.294 e. The molecule has 0 radical (unpaired) electrons. The van der Waals surface area contributed by atoms with Crippen LogP contribution in [0.5, 0.6) is 0 Å². The Labute approximate surface area is 112 Å². The molecule has 0 fully saturated rings. The second-order valence-corrected chi connectivity index (χ2v) is 6.07. The molecule has 100 valence electrons. The van der Waals surface area contributed by atoms with Crippen LogP contribution in [0.4, 0.5) is 0 Å². The highest BCUT2D eigenvalue weighted by Crippen LogP contribution is 2.33. The molecule has 1 aromatic rings. The lowest BCUT2D eigenvalue weighted by atomic mass is 9.77. The summed E-state index contributed by atoms with van der Waals surface area (Å²) in [5, 5.41) is 0. The molecule has 0 aromatic heterocycles. The smallest absolute Gasteiger partial charge is 0.168 e. The van der Waals surface area contributed by atoms with Crippen LogP contribution in [0.1, 0.15) is 65.4 Å². The van der Waals surface area contributed by atoms with Gasteiger partial charge >= 0.3 is 0 Å². The van der Waals surface area contributed by atoms with Gasteiger partial charge in [0.2, 0.25) is 0 Å². The summed E-state index contributed by atoms with van der Waals surface area (Å²) in [4.78, 5) is 12.8. The third-order valence-electron chi connectivity index (χ3n) is 4.73. The van der Waals surface area contributed by atoms with E-state index in [1.165, 1.54) is 16.7 Å². The van der Waals surface area contributed by atoms with Crippen molar-refractivity contribution in [1.29, 1.82) is 0 Å². The summed E-state index contributed by atoms with van der Waals surface area (Å²) in [6, 6.07) is 0. The fourth-order valence-electron chi connectivity index (χ4n) is 2.34. The number of carbonyl (C=O) groups is 1. The highest BCUT2D eigenvalue weighted by molar-refractivity contribution is 6.03. The van der Waals surface area contributed by atoms with Crippen LogP contribution in [0.25, 0.3) is 0 Å². The molecule has 0 bridgehead atoms. The average Bonchev–Trinajstić information content (AvgIpc) is 2.34. The minimum absolute atomic E-state index is 0.274. The Hall–Kier alpha value is -1.11. The average molecular weight is 246 g/mol. The van der Waals surface area contributed by atoms with Gasteiger partial charge in [-0.15, -0.1) is 0 Å². The number of hydrogen-bond acceptors (Lipinski definition) is 1. The lowest BCUT2D eigenvalue weighted by Gasteiger charge is -2.25. The van der Waals surface area contributed by atoms with Crippen LogP contribution < -0.4 is 0 Å². The van der Waals surface area contributed by atoms with Gasteiger partial charge in [0.25, 0.3) is 0 Å². The first-order chi connectivity index (χ1) is 8.15. The monoisotopic (exact) mass is 246 g/mol. The van der Waals surface area contributed by atoms with Gasteiger partial charge in [0.1, 0.15) is 0 Å². The fraction of sp³-hybridized carbons (Fsp3) is 0.588. The van der Waals surface area contributed by atoms with E-state index in [1.54, 1.807) is 0 Å². The molecule has 18 heavy (non-hydrogen) atoms. The quantitative estimate of drug-likeness (QED) is 0.697. The molecular weight excluding hydrogens is 220 g/mol. The zero-order chi connectivity index (χ0) is 14.2. The largest absolute Gasteiger partial charge is 0.294 e. The highest BCUT2D eigenvalue weighted by atomic mass is 16.1. The second kappa shape index (κ2) is 4.87. The van der Waals surface area contributed by atoms with Crippen LogP contribution >= 0.6 is 0 Å². The van der Waals surface area contributed by atoms with E-state index in [4.69, 9.17) is 0 Å². The highest BCUT2D eigenvalue weighted by Gasteiger charge is 2.30. The predicted octanol–water partition coefficient (Wildman–Crippen LogP) is 4.85. The van der Waals surface area contributed by atoms with E-state index < -0.39 is 0 Å². The van der Waals surface area contributed by atoms with Crippen molar-refractivity contribution < 1.29 is 4.79 Å². The molecule has 0 aliphatic carbocycles. The lowest BCUT2D eigenvalue weighted by Crippen LogP contribution is -2.26. The molecule has 0 aliphatic rings. The van der Waals surface area contributed by atoms with E-state index >= 15 is 0 Å². The summed E-state index contributed by atoms with van der Waals surface area (Å²) in [5.41, 5.74) is 6.81. The predicted molar refractivity (Wildman–Crippen MR) is 78.5 cm³/mol. The molecule has 0 saturated heterocycles. The zero-order valence-corrected chi connectivity index (χ0v) is 13.1. The SMILES string of the molecule is CCC(C)(C)C(=O)c1c(C)c(C)c(C)c(C)c1C. The third-order valence-corrected chi connectivity index (χ3v) is 4.73. The summed E-state index contributed by atoms with van der Waals surface area (Å²) in [6.45, 7) is 16.7. The van der Waals surface area contributed by atoms with E-state index in [2.05, 4.69) is 41.5 Å². The van der Waals surface area contributed by atoms with Crippen molar-refractivity contribution in [2.45, 2.75) is 61.8 Å². The molecule has 1 aromatic carbocycles. The summed E-state index contributed by atoms with van der Waals surface area (Å²) in [5.74, 6) is 0.284. The zero-order valence-electron chi connectivity index (χ0n) is 13.1. The Morgan fingerprint density at radius 1 is 0.833 bits per heavy atom. The molecule has 0 unspecified atom stereocenters. The Kier molecular flexibility index (Phi) is 4.05. The third kappa shape index (κ3) is 2.23. The maximum Gasteiger partial charge on any atom is 0.168 e. The van der Waals surface area contributed by atoms with Crippen LogP contribution in [-0.4, -0.2) is 5.78 Å². The van der Waals surface area contributed by atoms with E-state index in [9.17, 15) is 4.79 Å². The van der Waals surface area contributed by atoms with Crippen molar-refractivity contribution in [2.75, 3.05) is 0 Å². The molecule has 1 rings (SSSR count). The number of ketones is 1. The maximum atomic E-state index is 12.8. The van der Waals surface area contributed by atoms with Crippen molar-refractivity contribution in [2.24, 2.45) is 5.41 Å². The Bertz CT molecular complexity index is 464. The fourth-order valence-corrected chi connectivity index (χ4v) is 2.34. The van der Waals surface area contributed by atoms with Crippen molar-refractivity contribution in [3.63, 3.8) is 0 Å². The molecule has 0 aliphatic heterocycles. The molecule has 0 amide bonds. The van der Waals surface area contributed by atoms with Crippen LogP contribution in [0, 0.1) is 40.0 Å². The van der Waals surface area contributed by atoms with Gasteiger partial charge in [-0.3, -0.25) is 4.79 Å². The van der Waals surface area contributed by atoms with Crippen molar-refractivity contribution in [3.05, 3.63) is 33.4 Å². The number of rotatable bonds is 3. The van der Waals surface area contributed by atoms with Gasteiger partial charge in [0, 0.05) is 11.0 Å². The molecule has 0 spiro atoms. The minimum atomic E-state index is -0.274. The Balaban J connectivity index is 3.57. The van der Waals surface area contributed by atoms with E-state index in [0.717, 1.165) is 23.1 Å².